The molecule has 20 heavy (non-hydrogen) atoms. The standard InChI is InChI=1S/C15H18ClF3O/c1-3-5-10(6-4-2)14(20)11-7-8-13(16)12(9-11)15(17,18)19/h7-10H,3-6H2,1-2H3. The van der Waals surface area contributed by atoms with Crippen LogP contribution in [-0.2, 0) is 6.18 Å². The Labute approximate surface area is 122 Å². The van der Waals surface area contributed by atoms with E-state index < -0.39 is 11.7 Å². The van der Waals surface area contributed by atoms with Crippen LogP contribution in [0.25, 0.3) is 0 Å². The van der Waals surface area contributed by atoms with Crippen LogP contribution in [0.2, 0.25) is 5.02 Å². The fourth-order valence-electron chi connectivity index (χ4n) is 2.23. The van der Waals surface area contributed by atoms with Gasteiger partial charge in [0.1, 0.15) is 0 Å². The Morgan fingerprint density at radius 2 is 1.75 bits per heavy atom. The van der Waals surface area contributed by atoms with Crippen LogP contribution in [0.3, 0.4) is 0 Å². The molecule has 1 nitrogen and oxygen atoms in total. The zero-order chi connectivity index (χ0) is 15.3. The van der Waals surface area contributed by atoms with Crippen molar-refractivity contribution in [3.8, 4) is 0 Å². The van der Waals surface area contributed by atoms with Crippen molar-refractivity contribution in [2.24, 2.45) is 5.92 Å². The lowest BCUT2D eigenvalue weighted by atomic mass is 9.89. The van der Waals surface area contributed by atoms with E-state index in [1.165, 1.54) is 6.07 Å². The number of hydrogen-bond acceptors (Lipinski definition) is 1. The third-order valence-electron chi connectivity index (χ3n) is 3.20. The molecule has 5 heteroatoms. The minimum Gasteiger partial charge on any atom is -0.294 e. The molecule has 0 fully saturated rings. The van der Waals surface area contributed by atoms with Crippen molar-refractivity contribution in [2.45, 2.75) is 45.7 Å². The van der Waals surface area contributed by atoms with Gasteiger partial charge in [-0.2, -0.15) is 13.2 Å². The monoisotopic (exact) mass is 306 g/mol. The highest BCUT2D eigenvalue weighted by atomic mass is 35.5. The highest BCUT2D eigenvalue weighted by Crippen LogP contribution is 2.35. The van der Waals surface area contributed by atoms with Gasteiger partial charge >= 0.3 is 6.18 Å². The number of halogens is 4. The van der Waals surface area contributed by atoms with Crippen LogP contribution in [0.15, 0.2) is 18.2 Å². The van der Waals surface area contributed by atoms with Crippen LogP contribution in [0.5, 0.6) is 0 Å². The molecule has 0 aliphatic heterocycles. The van der Waals surface area contributed by atoms with Crippen molar-refractivity contribution in [3.63, 3.8) is 0 Å². The number of ketones is 1. The lowest BCUT2D eigenvalue weighted by Gasteiger charge is -2.16. The van der Waals surface area contributed by atoms with Gasteiger partial charge in [-0.1, -0.05) is 38.3 Å². The van der Waals surface area contributed by atoms with Gasteiger partial charge in [0.25, 0.3) is 0 Å². The second-order valence-corrected chi connectivity index (χ2v) is 5.24. The smallest absolute Gasteiger partial charge is 0.294 e. The molecule has 0 heterocycles. The first-order valence-electron chi connectivity index (χ1n) is 6.72. The Kier molecular flexibility index (Phi) is 6.06. The molecule has 0 amide bonds. The average molecular weight is 307 g/mol. The predicted molar refractivity (Wildman–Crippen MR) is 74.1 cm³/mol. The number of carbonyl (C=O) groups excluding carboxylic acids is 1. The van der Waals surface area contributed by atoms with Crippen molar-refractivity contribution in [3.05, 3.63) is 34.3 Å². The van der Waals surface area contributed by atoms with E-state index in [0.29, 0.717) is 12.8 Å². The molecular formula is C15H18ClF3O. The third kappa shape index (κ3) is 4.23. The van der Waals surface area contributed by atoms with Gasteiger partial charge in [-0.25, -0.2) is 0 Å². The summed E-state index contributed by atoms with van der Waals surface area (Å²) >= 11 is 5.56. The molecular weight excluding hydrogens is 289 g/mol. The summed E-state index contributed by atoms with van der Waals surface area (Å²) < 4.78 is 38.4. The largest absolute Gasteiger partial charge is 0.417 e. The minimum absolute atomic E-state index is 0.0913. The van der Waals surface area contributed by atoms with E-state index in [9.17, 15) is 18.0 Å². The molecule has 0 aromatic heterocycles. The molecule has 112 valence electrons. The van der Waals surface area contributed by atoms with E-state index in [1.807, 2.05) is 13.8 Å². The summed E-state index contributed by atoms with van der Waals surface area (Å²) in [5.41, 5.74) is -0.856. The topological polar surface area (TPSA) is 17.1 Å². The van der Waals surface area contributed by atoms with Crippen LogP contribution in [0.4, 0.5) is 13.2 Å². The van der Waals surface area contributed by atoms with Gasteiger partial charge in [-0.3, -0.25) is 4.79 Å². The maximum absolute atomic E-state index is 12.8. The van der Waals surface area contributed by atoms with E-state index in [4.69, 9.17) is 11.6 Å². The lowest BCUT2D eigenvalue weighted by Crippen LogP contribution is -2.16. The zero-order valence-corrected chi connectivity index (χ0v) is 12.3. The number of hydrogen-bond donors (Lipinski definition) is 0. The Hall–Kier alpha value is -1.03. The highest BCUT2D eigenvalue weighted by Gasteiger charge is 2.34. The van der Waals surface area contributed by atoms with Crippen molar-refractivity contribution in [1.29, 1.82) is 0 Å². The summed E-state index contributed by atoms with van der Waals surface area (Å²) in [5, 5.41) is -0.378. The van der Waals surface area contributed by atoms with Gasteiger partial charge < -0.3 is 0 Å². The van der Waals surface area contributed by atoms with Crippen molar-refractivity contribution in [1.82, 2.24) is 0 Å². The first kappa shape index (κ1) is 17.0. The molecule has 0 bridgehead atoms. The SMILES string of the molecule is CCCC(CCC)C(=O)c1ccc(Cl)c(C(F)(F)F)c1. The summed E-state index contributed by atoms with van der Waals surface area (Å²) in [7, 11) is 0. The number of carbonyl (C=O) groups is 1. The highest BCUT2D eigenvalue weighted by molar-refractivity contribution is 6.31. The number of rotatable bonds is 6. The van der Waals surface area contributed by atoms with Crippen LogP contribution in [0, 0.1) is 5.92 Å². The molecule has 1 rings (SSSR count). The van der Waals surface area contributed by atoms with Crippen LogP contribution >= 0.6 is 11.6 Å². The third-order valence-corrected chi connectivity index (χ3v) is 3.53. The van der Waals surface area contributed by atoms with Gasteiger partial charge in [0, 0.05) is 11.5 Å². The van der Waals surface area contributed by atoms with Gasteiger partial charge in [0.2, 0.25) is 0 Å². The fraction of sp³-hybridized carbons (Fsp3) is 0.533. The molecule has 0 saturated carbocycles. The van der Waals surface area contributed by atoms with Crippen LogP contribution in [-0.4, -0.2) is 5.78 Å². The summed E-state index contributed by atoms with van der Waals surface area (Å²) in [5.74, 6) is -0.442. The molecule has 1 aromatic carbocycles. The second-order valence-electron chi connectivity index (χ2n) is 4.83. The summed E-state index contributed by atoms with van der Waals surface area (Å²) in [4.78, 5) is 12.3. The van der Waals surface area contributed by atoms with Gasteiger partial charge in [0.05, 0.1) is 10.6 Å². The molecule has 0 unspecified atom stereocenters. The van der Waals surface area contributed by atoms with E-state index in [1.54, 1.807) is 0 Å². The van der Waals surface area contributed by atoms with E-state index >= 15 is 0 Å². The molecule has 0 spiro atoms. The quantitative estimate of drug-likeness (QED) is 0.611. The molecule has 0 aliphatic rings. The zero-order valence-electron chi connectivity index (χ0n) is 11.6. The maximum atomic E-state index is 12.8. The van der Waals surface area contributed by atoms with Gasteiger partial charge in [-0.15, -0.1) is 0 Å². The lowest BCUT2D eigenvalue weighted by molar-refractivity contribution is -0.137. The summed E-state index contributed by atoms with van der Waals surface area (Å²) in [6.45, 7) is 3.91. The predicted octanol–water partition coefficient (Wildman–Crippen LogP) is 5.76. The molecule has 0 radical (unpaired) electrons. The minimum atomic E-state index is -4.54. The van der Waals surface area contributed by atoms with Crippen molar-refractivity contribution >= 4 is 17.4 Å². The first-order chi connectivity index (χ1) is 9.31. The Balaban J connectivity index is 3.10. The Morgan fingerprint density at radius 1 is 1.20 bits per heavy atom. The normalized spacial score (nSPS) is 11.9. The molecule has 0 atom stereocenters. The van der Waals surface area contributed by atoms with E-state index in [-0.39, 0.29) is 22.3 Å². The van der Waals surface area contributed by atoms with Crippen LogP contribution < -0.4 is 0 Å². The van der Waals surface area contributed by atoms with Crippen LogP contribution in [0.1, 0.15) is 55.5 Å². The molecule has 1 aromatic rings. The second kappa shape index (κ2) is 7.11. The fourth-order valence-corrected chi connectivity index (χ4v) is 2.46. The molecule has 0 saturated heterocycles. The van der Waals surface area contributed by atoms with Gasteiger partial charge in [-0.05, 0) is 31.0 Å². The Morgan fingerprint density at radius 3 is 2.20 bits per heavy atom. The summed E-state index contributed by atoms with van der Waals surface area (Å²) in [6.07, 6.45) is -1.50. The summed E-state index contributed by atoms with van der Waals surface area (Å²) in [6, 6.07) is 3.38. The van der Waals surface area contributed by atoms with Gasteiger partial charge in [0.15, 0.2) is 5.78 Å². The van der Waals surface area contributed by atoms with E-state index in [0.717, 1.165) is 25.0 Å². The van der Waals surface area contributed by atoms with E-state index in [2.05, 4.69) is 0 Å². The molecule has 0 N–H and O–H groups in total. The maximum Gasteiger partial charge on any atom is 0.417 e. The first-order valence-corrected chi connectivity index (χ1v) is 7.10. The number of benzene rings is 1. The van der Waals surface area contributed by atoms with Crippen molar-refractivity contribution in [2.75, 3.05) is 0 Å². The Bertz CT molecular complexity index is 463. The molecule has 0 aliphatic carbocycles. The number of Topliss-reactive ketones (excluding diaryl/α,β-unsaturated/α-hetero) is 1. The average Bonchev–Trinajstić information content (AvgIpc) is 2.37. The van der Waals surface area contributed by atoms with Crippen molar-refractivity contribution < 1.29 is 18.0 Å². The number of alkyl halides is 3.